The summed E-state index contributed by atoms with van der Waals surface area (Å²) in [5.41, 5.74) is 4.32. The molecule has 0 radical (unpaired) electrons. The molecule has 1 fully saturated rings. The third kappa shape index (κ3) is 4.78. The van der Waals surface area contributed by atoms with Crippen molar-refractivity contribution in [2.75, 3.05) is 18.0 Å². The van der Waals surface area contributed by atoms with Gasteiger partial charge in [0, 0.05) is 31.2 Å². The first-order valence-electron chi connectivity index (χ1n) is 13.4. The minimum atomic E-state index is -0.137. The molecule has 0 aliphatic carbocycles. The van der Waals surface area contributed by atoms with Crippen LogP contribution in [0.2, 0.25) is 0 Å². The molecule has 0 saturated carbocycles. The molecule has 0 amide bonds. The topological polar surface area (TPSA) is 79.7 Å². The van der Waals surface area contributed by atoms with Crippen molar-refractivity contribution in [3.63, 3.8) is 0 Å². The zero-order chi connectivity index (χ0) is 26.5. The molecule has 2 aromatic carbocycles. The Bertz CT molecular complexity index is 1660. The van der Waals surface area contributed by atoms with E-state index in [1.165, 1.54) is 6.42 Å². The fourth-order valence-electron chi connectivity index (χ4n) is 5.24. The van der Waals surface area contributed by atoms with Crippen molar-refractivity contribution >= 4 is 27.8 Å². The summed E-state index contributed by atoms with van der Waals surface area (Å²) in [4.78, 5) is 25.2. The summed E-state index contributed by atoms with van der Waals surface area (Å²) in [7, 11) is 0. The van der Waals surface area contributed by atoms with Gasteiger partial charge in [0.25, 0.3) is 5.56 Å². The van der Waals surface area contributed by atoms with Gasteiger partial charge in [0.2, 0.25) is 0 Å². The van der Waals surface area contributed by atoms with Crippen LogP contribution in [-0.2, 0) is 13.1 Å². The average molecular weight is 505 g/mol. The Kier molecular flexibility index (Phi) is 7.50. The molecule has 0 atom stereocenters. The Labute approximate surface area is 222 Å². The predicted molar refractivity (Wildman–Crippen MR) is 153 cm³/mol. The molecule has 1 aliphatic rings. The molecule has 192 valence electrons. The molecular weight excluding hydrogens is 472 g/mol. The Balaban J connectivity index is 0.00000144. The maximum atomic E-state index is 13.9. The van der Waals surface area contributed by atoms with E-state index in [4.69, 9.17) is 0 Å². The lowest BCUT2D eigenvalue weighted by molar-refractivity contribution is 0.565. The molecule has 1 saturated heterocycles. The number of benzene rings is 2. The molecule has 0 bridgehead atoms. The summed E-state index contributed by atoms with van der Waals surface area (Å²) in [6, 6.07) is 22.4. The molecule has 6 rings (SSSR count). The fourth-order valence-corrected chi connectivity index (χ4v) is 5.24. The molecule has 38 heavy (non-hydrogen) atoms. The number of anilines is 1. The highest BCUT2D eigenvalue weighted by Gasteiger charge is 2.27. The number of hydrogen-bond acceptors (Lipinski definition) is 5. The number of rotatable bonds is 5. The summed E-state index contributed by atoms with van der Waals surface area (Å²) in [6.07, 6.45) is 6.69. The molecule has 0 N–H and O–H groups in total. The van der Waals surface area contributed by atoms with E-state index < -0.39 is 0 Å². The van der Waals surface area contributed by atoms with E-state index in [0.717, 1.165) is 53.8 Å². The Hall–Kier alpha value is -4.44. The highest BCUT2D eigenvalue weighted by molar-refractivity contribution is 5.89. The van der Waals surface area contributed by atoms with E-state index in [0.29, 0.717) is 29.7 Å². The van der Waals surface area contributed by atoms with Gasteiger partial charge in [-0.1, -0.05) is 56.3 Å². The SMILES string of the molecule is CC.N#Cc1c(N2CCCCC2)n(Cc2ccccc2)c2c(=O)n(Cc3ccc4ncccc4c3)cnc12. The van der Waals surface area contributed by atoms with Crippen molar-refractivity contribution in [2.24, 2.45) is 0 Å². The first kappa shape index (κ1) is 25.2. The van der Waals surface area contributed by atoms with Crippen LogP contribution in [0.3, 0.4) is 0 Å². The normalized spacial score (nSPS) is 13.2. The summed E-state index contributed by atoms with van der Waals surface area (Å²) >= 11 is 0. The predicted octanol–water partition coefficient (Wildman–Crippen LogP) is 5.73. The van der Waals surface area contributed by atoms with E-state index >= 15 is 0 Å². The second-order valence-electron chi connectivity index (χ2n) is 9.34. The minimum Gasteiger partial charge on any atom is -0.357 e. The van der Waals surface area contributed by atoms with Crippen molar-refractivity contribution in [1.82, 2.24) is 19.1 Å². The zero-order valence-corrected chi connectivity index (χ0v) is 22.0. The van der Waals surface area contributed by atoms with Crippen LogP contribution in [0.15, 0.2) is 78.0 Å². The second-order valence-corrected chi connectivity index (χ2v) is 9.34. The van der Waals surface area contributed by atoms with Crippen molar-refractivity contribution in [3.8, 4) is 6.07 Å². The van der Waals surface area contributed by atoms with Gasteiger partial charge < -0.3 is 9.47 Å². The number of piperidine rings is 1. The lowest BCUT2D eigenvalue weighted by Crippen LogP contribution is -2.32. The highest BCUT2D eigenvalue weighted by Crippen LogP contribution is 2.32. The summed E-state index contributed by atoms with van der Waals surface area (Å²) < 4.78 is 3.66. The van der Waals surface area contributed by atoms with Gasteiger partial charge in [0.1, 0.15) is 28.5 Å². The van der Waals surface area contributed by atoms with Crippen molar-refractivity contribution in [2.45, 2.75) is 46.2 Å². The second kappa shape index (κ2) is 11.3. The van der Waals surface area contributed by atoms with E-state index in [-0.39, 0.29) is 5.56 Å². The smallest absolute Gasteiger partial charge is 0.278 e. The van der Waals surface area contributed by atoms with Gasteiger partial charge in [-0.3, -0.25) is 14.3 Å². The van der Waals surface area contributed by atoms with E-state index in [1.54, 1.807) is 17.1 Å². The minimum absolute atomic E-state index is 0.137. The maximum absolute atomic E-state index is 13.9. The molecule has 7 heteroatoms. The van der Waals surface area contributed by atoms with Crippen LogP contribution in [0.5, 0.6) is 0 Å². The number of fused-ring (bicyclic) bond motifs is 2. The van der Waals surface area contributed by atoms with E-state index in [2.05, 4.69) is 39.1 Å². The van der Waals surface area contributed by atoms with E-state index in [1.807, 2.05) is 60.9 Å². The van der Waals surface area contributed by atoms with Gasteiger partial charge in [-0.15, -0.1) is 0 Å². The van der Waals surface area contributed by atoms with Crippen molar-refractivity contribution < 1.29 is 0 Å². The zero-order valence-electron chi connectivity index (χ0n) is 22.0. The molecule has 0 unspecified atom stereocenters. The monoisotopic (exact) mass is 504 g/mol. The molecule has 0 spiro atoms. The van der Waals surface area contributed by atoms with Crippen LogP contribution in [0.1, 0.15) is 49.8 Å². The molecule has 3 aromatic heterocycles. The quantitative estimate of drug-likeness (QED) is 0.305. The molecule has 1 aliphatic heterocycles. The number of aromatic nitrogens is 4. The average Bonchev–Trinajstić information content (AvgIpc) is 3.30. The van der Waals surface area contributed by atoms with Crippen LogP contribution in [0.25, 0.3) is 21.9 Å². The molecule has 4 heterocycles. The maximum Gasteiger partial charge on any atom is 0.278 e. The highest BCUT2D eigenvalue weighted by atomic mass is 16.1. The summed E-state index contributed by atoms with van der Waals surface area (Å²) in [6.45, 7) is 6.65. The number of nitrogens with zero attached hydrogens (tertiary/aromatic N) is 6. The van der Waals surface area contributed by atoms with Crippen LogP contribution < -0.4 is 10.5 Å². The lowest BCUT2D eigenvalue weighted by Gasteiger charge is -2.30. The van der Waals surface area contributed by atoms with Crippen LogP contribution in [-0.4, -0.2) is 32.2 Å². The summed E-state index contributed by atoms with van der Waals surface area (Å²) in [5.74, 6) is 0.815. The Morgan fingerprint density at radius 3 is 2.45 bits per heavy atom. The molecule has 5 aromatic rings. The third-order valence-corrected chi connectivity index (χ3v) is 6.97. The number of hydrogen-bond donors (Lipinski definition) is 0. The number of pyridine rings is 1. The van der Waals surface area contributed by atoms with Gasteiger partial charge in [-0.2, -0.15) is 5.26 Å². The lowest BCUT2D eigenvalue weighted by atomic mass is 10.1. The largest absolute Gasteiger partial charge is 0.357 e. The van der Waals surface area contributed by atoms with Gasteiger partial charge >= 0.3 is 0 Å². The van der Waals surface area contributed by atoms with Crippen LogP contribution in [0, 0.1) is 11.3 Å². The molecular formula is C31H32N6O. The van der Waals surface area contributed by atoms with Crippen LogP contribution >= 0.6 is 0 Å². The van der Waals surface area contributed by atoms with Gasteiger partial charge in [0.15, 0.2) is 0 Å². The number of nitriles is 1. The summed E-state index contributed by atoms with van der Waals surface area (Å²) in [5, 5.41) is 11.2. The van der Waals surface area contributed by atoms with E-state index in [9.17, 15) is 10.1 Å². The van der Waals surface area contributed by atoms with Crippen molar-refractivity contribution in [1.29, 1.82) is 5.26 Å². The van der Waals surface area contributed by atoms with Gasteiger partial charge in [0.05, 0.1) is 18.4 Å². The Morgan fingerprint density at radius 1 is 0.895 bits per heavy atom. The van der Waals surface area contributed by atoms with Gasteiger partial charge in [-0.25, -0.2) is 4.98 Å². The Morgan fingerprint density at radius 2 is 1.68 bits per heavy atom. The van der Waals surface area contributed by atoms with Gasteiger partial charge in [-0.05, 0) is 48.6 Å². The first-order valence-corrected chi connectivity index (χ1v) is 13.4. The third-order valence-electron chi connectivity index (χ3n) is 6.97. The fraction of sp³-hybridized carbons (Fsp3) is 0.290. The van der Waals surface area contributed by atoms with Crippen molar-refractivity contribution in [3.05, 3.63) is 100 Å². The first-order chi connectivity index (χ1) is 18.7. The standard InChI is InChI=1S/C29H26N6O.C2H6/c30-17-24-26-27(35(19-21-8-3-1-4-9-21)28(24)33-14-5-2-6-15-33)29(36)34(20-32-26)18-22-11-12-25-23(16-22)10-7-13-31-25;1-2/h1,3-4,7-13,16,20H,2,5-6,14-15,18-19H2;1-2H3. The molecule has 7 nitrogen and oxygen atoms in total. The van der Waals surface area contributed by atoms with Crippen LogP contribution in [0.4, 0.5) is 5.82 Å².